The molecule has 3 heteroatoms. The Bertz CT molecular complexity index is 3570. The minimum atomic E-state index is 0.872. The maximum Gasteiger partial charge on any atom is 0.137 e. The van der Waals surface area contributed by atoms with Gasteiger partial charge in [0.25, 0.3) is 0 Å². The molecule has 10 aromatic carbocycles. The van der Waals surface area contributed by atoms with Gasteiger partial charge in [-0.15, -0.1) is 0 Å². The molecule has 2 aromatic heterocycles. The lowest BCUT2D eigenvalue weighted by atomic mass is 9.95. The van der Waals surface area contributed by atoms with Gasteiger partial charge in [0.15, 0.2) is 0 Å². The van der Waals surface area contributed by atoms with Gasteiger partial charge in [-0.2, -0.15) is 0 Å². The van der Waals surface area contributed by atoms with Crippen LogP contribution in [0.25, 0.3) is 93.6 Å². The Kier molecular flexibility index (Phi) is 8.17. The molecular formula is C58H38N2O. The van der Waals surface area contributed by atoms with Crippen LogP contribution in [0.5, 0.6) is 0 Å². The summed E-state index contributed by atoms with van der Waals surface area (Å²) in [6.45, 7) is 0. The van der Waals surface area contributed by atoms with Crippen LogP contribution in [0, 0.1) is 0 Å². The molecule has 12 aromatic rings. The number of fused-ring (bicyclic) bond motifs is 8. The van der Waals surface area contributed by atoms with E-state index in [4.69, 9.17) is 4.42 Å². The minimum absolute atomic E-state index is 0.872. The van der Waals surface area contributed by atoms with E-state index >= 15 is 0 Å². The van der Waals surface area contributed by atoms with Gasteiger partial charge in [0.1, 0.15) is 11.2 Å². The van der Waals surface area contributed by atoms with Crippen LogP contribution in [0.3, 0.4) is 0 Å². The predicted molar refractivity (Wildman–Crippen MR) is 257 cm³/mol. The highest BCUT2D eigenvalue weighted by Gasteiger charge is 2.24. The fourth-order valence-corrected chi connectivity index (χ4v) is 9.44. The summed E-state index contributed by atoms with van der Waals surface area (Å²) in [5.74, 6) is 0. The van der Waals surface area contributed by atoms with Gasteiger partial charge in [-0.1, -0.05) is 170 Å². The van der Waals surface area contributed by atoms with Gasteiger partial charge in [0, 0.05) is 38.5 Å². The molecule has 2 heterocycles. The highest BCUT2D eigenvalue weighted by Crippen LogP contribution is 2.48. The van der Waals surface area contributed by atoms with Crippen molar-refractivity contribution in [2.45, 2.75) is 0 Å². The molecule has 0 unspecified atom stereocenters. The van der Waals surface area contributed by atoms with Crippen molar-refractivity contribution in [3.63, 3.8) is 0 Å². The molecule has 0 atom stereocenters. The monoisotopic (exact) mass is 778 g/mol. The number of aromatic nitrogens is 1. The molecule has 286 valence electrons. The van der Waals surface area contributed by atoms with Crippen molar-refractivity contribution >= 4 is 71.6 Å². The molecule has 0 N–H and O–H groups in total. The SMILES string of the molecule is c1ccc(-c2ccc(N(c3ccc4c(c3)c3c(-c5ccccc5)cc5ccccc5c3n4-c3cccc4oc5ccccc5c34)c3ccccc3-c3ccccc3)cc2)cc1. The average molecular weight is 779 g/mol. The number of para-hydroxylation sites is 2. The Morgan fingerprint density at radius 3 is 1.72 bits per heavy atom. The Labute approximate surface area is 353 Å². The van der Waals surface area contributed by atoms with Crippen LogP contribution in [0.4, 0.5) is 17.1 Å². The highest BCUT2D eigenvalue weighted by molar-refractivity contribution is 6.25. The van der Waals surface area contributed by atoms with E-state index in [-0.39, 0.29) is 0 Å². The zero-order valence-electron chi connectivity index (χ0n) is 33.2. The molecule has 0 aliphatic rings. The molecule has 61 heavy (non-hydrogen) atoms. The fraction of sp³-hybridized carbons (Fsp3) is 0. The van der Waals surface area contributed by atoms with Crippen molar-refractivity contribution in [1.29, 1.82) is 0 Å². The summed E-state index contributed by atoms with van der Waals surface area (Å²) >= 11 is 0. The first-order valence-corrected chi connectivity index (χ1v) is 20.8. The van der Waals surface area contributed by atoms with Gasteiger partial charge < -0.3 is 13.9 Å². The molecule has 0 bridgehead atoms. The Morgan fingerprint density at radius 2 is 0.951 bits per heavy atom. The predicted octanol–water partition coefficient (Wildman–Crippen LogP) is 16.3. The van der Waals surface area contributed by atoms with Crippen LogP contribution < -0.4 is 4.90 Å². The van der Waals surface area contributed by atoms with Crippen molar-refractivity contribution in [2.75, 3.05) is 4.90 Å². The normalized spacial score (nSPS) is 11.6. The maximum atomic E-state index is 6.51. The zero-order chi connectivity index (χ0) is 40.3. The van der Waals surface area contributed by atoms with Gasteiger partial charge in [-0.25, -0.2) is 0 Å². The number of hydrogen-bond acceptors (Lipinski definition) is 2. The second kappa shape index (κ2) is 14.3. The van der Waals surface area contributed by atoms with Gasteiger partial charge in [0.05, 0.1) is 27.8 Å². The zero-order valence-corrected chi connectivity index (χ0v) is 33.2. The van der Waals surface area contributed by atoms with Gasteiger partial charge in [-0.05, 0) is 93.9 Å². The fourth-order valence-electron chi connectivity index (χ4n) is 9.44. The number of hydrogen-bond donors (Lipinski definition) is 0. The van der Waals surface area contributed by atoms with Gasteiger partial charge in [-0.3, -0.25) is 0 Å². The molecule has 3 nitrogen and oxygen atoms in total. The molecule has 0 amide bonds. The van der Waals surface area contributed by atoms with E-state index in [0.717, 1.165) is 55.8 Å². The van der Waals surface area contributed by atoms with Crippen molar-refractivity contribution in [3.05, 3.63) is 231 Å². The van der Waals surface area contributed by atoms with Crippen molar-refractivity contribution in [1.82, 2.24) is 4.57 Å². The van der Waals surface area contributed by atoms with Crippen LogP contribution in [0.1, 0.15) is 0 Å². The lowest BCUT2D eigenvalue weighted by Gasteiger charge is -2.28. The van der Waals surface area contributed by atoms with Crippen molar-refractivity contribution < 1.29 is 4.42 Å². The van der Waals surface area contributed by atoms with Gasteiger partial charge in [0.2, 0.25) is 0 Å². The molecule has 0 aliphatic heterocycles. The number of furan rings is 1. The quantitative estimate of drug-likeness (QED) is 0.161. The molecule has 0 saturated heterocycles. The summed E-state index contributed by atoms with van der Waals surface area (Å²) in [5, 5.41) is 6.98. The van der Waals surface area contributed by atoms with E-state index in [1.807, 2.05) is 6.07 Å². The molecule has 0 spiro atoms. The summed E-state index contributed by atoms with van der Waals surface area (Å²) < 4.78 is 9.00. The molecular weight excluding hydrogens is 741 g/mol. The smallest absolute Gasteiger partial charge is 0.137 e. The van der Waals surface area contributed by atoms with Crippen LogP contribution in [0.2, 0.25) is 0 Å². The van der Waals surface area contributed by atoms with Crippen LogP contribution in [-0.4, -0.2) is 4.57 Å². The van der Waals surface area contributed by atoms with Crippen molar-refractivity contribution in [2.24, 2.45) is 0 Å². The summed E-state index contributed by atoms with van der Waals surface area (Å²) in [4.78, 5) is 2.42. The largest absolute Gasteiger partial charge is 0.456 e. The van der Waals surface area contributed by atoms with E-state index < -0.39 is 0 Å². The average Bonchev–Trinajstić information content (AvgIpc) is 3.89. The maximum absolute atomic E-state index is 6.51. The molecule has 0 fully saturated rings. The number of anilines is 3. The molecule has 12 rings (SSSR count). The first kappa shape index (κ1) is 34.9. The second-order valence-electron chi connectivity index (χ2n) is 15.7. The number of benzene rings is 10. The Morgan fingerprint density at radius 1 is 0.361 bits per heavy atom. The first-order valence-electron chi connectivity index (χ1n) is 20.8. The van der Waals surface area contributed by atoms with E-state index in [1.54, 1.807) is 0 Å². The second-order valence-corrected chi connectivity index (χ2v) is 15.7. The lowest BCUT2D eigenvalue weighted by Crippen LogP contribution is -2.11. The molecule has 0 radical (unpaired) electrons. The van der Waals surface area contributed by atoms with Crippen molar-refractivity contribution in [3.8, 4) is 39.1 Å². The third-order valence-electron chi connectivity index (χ3n) is 12.2. The van der Waals surface area contributed by atoms with Crippen LogP contribution >= 0.6 is 0 Å². The topological polar surface area (TPSA) is 21.3 Å². The first-order chi connectivity index (χ1) is 30.3. The highest BCUT2D eigenvalue weighted by atomic mass is 16.3. The summed E-state index contributed by atoms with van der Waals surface area (Å²) in [7, 11) is 0. The number of rotatable bonds is 7. The van der Waals surface area contributed by atoms with E-state index in [2.05, 4.69) is 234 Å². The third-order valence-corrected chi connectivity index (χ3v) is 12.2. The molecule has 0 saturated carbocycles. The lowest BCUT2D eigenvalue weighted by molar-refractivity contribution is 0.669. The summed E-state index contributed by atoms with van der Waals surface area (Å²) in [6, 6.07) is 83.0. The van der Waals surface area contributed by atoms with Crippen LogP contribution in [-0.2, 0) is 0 Å². The number of nitrogens with zero attached hydrogens (tertiary/aromatic N) is 2. The van der Waals surface area contributed by atoms with Crippen LogP contribution in [0.15, 0.2) is 235 Å². The third kappa shape index (κ3) is 5.74. The summed E-state index contributed by atoms with van der Waals surface area (Å²) in [6.07, 6.45) is 0. The van der Waals surface area contributed by atoms with Gasteiger partial charge >= 0.3 is 0 Å². The van der Waals surface area contributed by atoms with E-state index in [1.165, 1.54) is 54.9 Å². The Hall–Kier alpha value is -8.14. The van der Waals surface area contributed by atoms with E-state index in [9.17, 15) is 0 Å². The Balaban J connectivity index is 1.19. The minimum Gasteiger partial charge on any atom is -0.456 e. The molecule has 0 aliphatic carbocycles. The van der Waals surface area contributed by atoms with E-state index in [0.29, 0.717) is 0 Å². The standard InChI is InChI=1S/C58H38N2O/c1-4-17-39(18-5-1)40-31-33-44(34-32-40)59(51-27-14-12-24-46(51)41-19-6-2-7-20-41)45-35-36-52-50(38-45)56-49(42-21-8-3-9-22-42)37-43-23-10-11-25-47(43)58(56)60(52)53-28-16-30-55-57(53)48-26-13-15-29-54(48)61-55/h1-38H. The summed E-state index contributed by atoms with van der Waals surface area (Å²) in [5.41, 5.74) is 15.5.